The molecule has 0 saturated heterocycles. The van der Waals surface area contributed by atoms with Crippen molar-refractivity contribution in [3.8, 4) is 0 Å². The van der Waals surface area contributed by atoms with Crippen LogP contribution in [-0.4, -0.2) is 22.8 Å². The van der Waals surface area contributed by atoms with Crippen LogP contribution in [0, 0.1) is 38.5 Å². The van der Waals surface area contributed by atoms with Gasteiger partial charge in [0.1, 0.15) is 6.10 Å². The van der Waals surface area contributed by atoms with Crippen molar-refractivity contribution in [3.05, 3.63) is 34.9 Å². The number of rotatable bonds is 5. The van der Waals surface area contributed by atoms with Crippen LogP contribution in [0.5, 0.6) is 0 Å². The minimum Gasteiger partial charge on any atom is -0.461 e. The predicted octanol–water partition coefficient (Wildman–Crippen LogP) is 6.26. The fourth-order valence-electron chi connectivity index (χ4n) is 4.47. The SMILES string of the molecule is Cc1cc(C)c2nc(SCC(=O)O[C@@H]3C[C@H](C)CC[C@H]3C(C)C)cc(C)c2c1. The molecule has 1 saturated carbocycles. The summed E-state index contributed by atoms with van der Waals surface area (Å²) >= 11 is 1.48. The van der Waals surface area contributed by atoms with E-state index in [4.69, 9.17) is 9.72 Å². The number of hydrogen-bond donors (Lipinski definition) is 0. The second-order valence-corrected chi connectivity index (χ2v) is 9.89. The highest BCUT2D eigenvalue weighted by Crippen LogP contribution is 2.35. The van der Waals surface area contributed by atoms with Gasteiger partial charge < -0.3 is 4.74 Å². The summed E-state index contributed by atoms with van der Waals surface area (Å²) in [5.41, 5.74) is 4.66. The second-order valence-electron chi connectivity index (χ2n) is 8.90. The van der Waals surface area contributed by atoms with Crippen LogP contribution in [0.1, 0.15) is 56.7 Å². The third-order valence-corrected chi connectivity index (χ3v) is 6.90. The minimum atomic E-state index is -0.116. The molecule has 0 amide bonds. The van der Waals surface area contributed by atoms with Crippen molar-refractivity contribution in [3.63, 3.8) is 0 Å². The molecule has 152 valence electrons. The number of pyridine rings is 1. The first-order valence-electron chi connectivity index (χ1n) is 10.5. The van der Waals surface area contributed by atoms with Crippen molar-refractivity contribution in [2.24, 2.45) is 17.8 Å². The minimum absolute atomic E-state index is 0.0633. The summed E-state index contributed by atoms with van der Waals surface area (Å²) in [6.07, 6.45) is 3.46. The van der Waals surface area contributed by atoms with Crippen LogP contribution in [0.2, 0.25) is 0 Å². The van der Waals surface area contributed by atoms with Gasteiger partial charge in [0.15, 0.2) is 0 Å². The number of hydrogen-bond acceptors (Lipinski definition) is 4. The molecule has 1 aliphatic rings. The molecular weight excluding hydrogens is 366 g/mol. The van der Waals surface area contributed by atoms with E-state index in [1.165, 1.54) is 40.3 Å². The van der Waals surface area contributed by atoms with E-state index >= 15 is 0 Å². The molecular formula is C24H33NO2S. The number of thioether (sulfide) groups is 1. The molecule has 3 atom stereocenters. The number of carbonyl (C=O) groups excluding carboxylic acids is 1. The summed E-state index contributed by atoms with van der Waals surface area (Å²) < 4.78 is 5.93. The van der Waals surface area contributed by atoms with Gasteiger partial charge in [0.25, 0.3) is 0 Å². The molecule has 1 heterocycles. The van der Waals surface area contributed by atoms with Gasteiger partial charge >= 0.3 is 5.97 Å². The number of esters is 1. The smallest absolute Gasteiger partial charge is 0.316 e. The molecule has 2 aromatic rings. The zero-order valence-corrected chi connectivity index (χ0v) is 18.9. The second kappa shape index (κ2) is 8.86. The Morgan fingerprint density at radius 2 is 1.93 bits per heavy atom. The monoisotopic (exact) mass is 399 g/mol. The zero-order chi connectivity index (χ0) is 20.4. The zero-order valence-electron chi connectivity index (χ0n) is 18.0. The van der Waals surface area contributed by atoms with Gasteiger partial charge in [0.2, 0.25) is 0 Å². The Balaban J connectivity index is 1.67. The van der Waals surface area contributed by atoms with Crippen molar-refractivity contribution >= 4 is 28.6 Å². The summed E-state index contributed by atoms with van der Waals surface area (Å²) in [6.45, 7) is 13.1. The third-order valence-electron chi connectivity index (χ3n) is 6.01. The molecule has 0 bridgehead atoms. The molecule has 0 unspecified atom stereocenters. The quantitative estimate of drug-likeness (QED) is 0.440. The number of nitrogens with zero attached hydrogens (tertiary/aromatic N) is 1. The molecule has 1 aromatic heterocycles. The summed E-state index contributed by atoms with van der Waals surface area (Å²) in [7, 11) is 0. The lowest BCUT2D eigenvalue weighted by Gasteiger charge is -2.36. The Hall–Kier alpha value is -1.55. The molecule has 0 aliphatic heterocycles. The summed E-state index contributed by atoms with van der Waals surface area (Å²) in [6, 6.07) is 6.43. The number of aryl methyl sites for hydroxylation is 3. The van der Waals surface area contributed by atoms with Crippen molar-refractivity contribution < 1.29 is 9.53 Å². The number of fused-ring (bicyclic) bond motifs is 1. The first kappa shape index (κ1) is 21.2. The largest absolute Gasteiger partial charge is 0.461 e. The summed E-state index contributed by atoms with van der Waals surface area (Å²) in [5, 5.41) is 2.09. The van der Waals surface area contributed by atoms with E-state index in [-0.39, 0.29) is 12.1 Å². The van der Waals surface area contributed by atoms with Crippen LogP contribution >= 0.6 is 11.8 Å². The van der Waals surface area contributed by atoms with E-state index in [1.54, 1.807) is 0 Å². The maximum Gasteiger partial charge on any atom is 0.316 e. The highest BCUT2D eigenvalue weighted by Gasteiger charge is 2.33. The molecule has 4 heteroatoms. The Kier molecular flexibility index (Phi) is 6.69. The molecule has 0 N–H and O–H groups in total. The normalized spacial score (nSPS) is 22.6. The number of aromatic nitrogens is 1. The van der Waals surface area contributed by atoms with Crippen molar-refractivity contribution in [1.29, 1.82) is 0 Å². The van der Waals surface area contributed by atoms with Crippen LogP contribution in [0.15, 0.2) is 23.2 Å². The third kappa shape index (κ3) is 4.89. The average molecular weight is 400 g/mol. The fraction of sp³-hybridized carbons (Fsp3) is 0.583. The first-order valence-corrected chi connectivity index (χ1v) is 11.4. The Bertz CT molecular complexity index is 861. The molecule has 3 rings (SSSR count). The van der Waals surface area contributed by atoms with Gasteiger partial charge in [-0.1, -0.05) is 50.6 Å². The van der Waals surface area contributed by atoms with Gasteiger partial charge in [-0.05, 0) is 74.6 Å². The van der Waals surface area contributed by atoms with Gasteiger partial charge in [-0.3, -0.25) is 4.79 Å². The van der Waals surface area contributed by atoms with E-state index in [0.717, 1.165) is 23.4 Å². The summed E-state index contributed by atoms with van der Waals surface area (Å²) in [5.74, 6) is 1.87. The van der Waals surface area contributed by atoms with E-state index in [0.29, 0.717) is 23.5 Å². The van der Waals surface area contributed by atoms with Gasteiger partial charge in [-0.2, -0.15) is 0 Å². The molecule has 3 nitrogen and oxygen atoms in total. The number of benzene rings is 1. The van der Waals surface area contributed by atoms with E-state index in [9.17, 15) is 4.79 Å². The van der Waals surface area contributed by atoms with E-state index in [2.05, 4.69) is 59.7 Å². The number of ether oxygens (including phenoxy) is 1. The van der Waals surface area contributed by atoms with E-state index < -0.39 is 0 Å². The lowest BCUT2D eigenvalue weighted by atomic mass is 9.75. The molecule has 0 spiro atoms. The van der Waals surface area contributed by atoms with E-state index in [1.807, 2.05) is 0 Å². The summed E-state index contributed by atoms with van der Waals surface area (Å²) in [4.78, 5) is 17.4. The highest BCUT2D eigenvalue weighted by atomic mass is 32.2. The highest BCUT2D eigenvalue weighted by molar-refractivity contribution is 7.99. The first-order chi connectivity index (χ1) is 13.2. The Morgan fingerprint density at radius 3 is 2.64 bits per heavy atom. The number of carbonyl (C=O) groups is 1. The molecule has 28 heavy (non-hydrogen) atoms. The molecule has 0 radical (unpaired) electrons. The molecule has 1 fully saturated rings. The molecule has 1 aromatic carbocycles. The lowest BCUT2D eigenvalue weighted by molar-refractivity contribution is -0.152. The molecule has 1 aliphatic carbocycles. The van der Waals surface area contributed by atoms with Crippen molar-refractivity contribution in [2.45, 2.75) is 71.9 Å². The van der Waals surface area contributed by atoms with Crippen LogP contribution in [0.25, 0.3) is 10.9 Å². The van der Waals surface area contributed by atoms with Gasteiger partial charge in [0.05, 0.1) is 16.3 Å². The van der Waals surface area contributed by atoms with Crippen LogP contribution < -0.4 is 0 Å². The Labute approximate surface area is 173 Å². The predicted molar refractivity (Wildman–Crippen MR) is 118 cm³/mol. The van der Waals surface area contributed by atoms with Crippen molar-refractivity contribution in [2.75, 3.05) is 5.75 Å². The Morgan fingerprint density at radius 1 is 1.18 bits per heavy atom. The van der Waals surface area contributed by atoms with Gasteiger partial charge in [0, 0.05) is 5.39 Å². The average Bonchev–Trinajstić information content (AvgIpc) is 2.60. The van der Waals surface area contributed by atoms with Crippen LogP contribution in [-0.2, 0) is 9.53 Å². The maximum absolute atomic E-state index is 12.5. The van der Waals surface area contributed by atoms with Gasteiger partial charge in [-0.15, -0.1) is 0 Å². The van der Waals surface area contributed by atoms with Crippen LogP contribution in [0.4, 0.5) is 0 Å². The maximum atomic E-state index is 12.5. The van der Waals surface area contributed by atoms with Crippen molar-refractivity contribution in [1.82, 2.24) is 4.98 Å². The standard InChI is InChI=1S/C24H33NO2S/c1-14(2)19-8-7-15(3)11-21(19)27-23(26)13-28-22-12-17(5)20-10-16(4)9-18(6)24(20)25-22/h9-10,12,14-15,19,21H,7-8,11,13H2,1-6H3/t15-,19+,21-/m1/s1. The topological polar surface area (TPSA) is 39.2 Å². The van der Waals surface area contributed by atoms with Crippen LogP contribution in [0.3, 0.4) is 0 Å². The fourth-order valence-corrected chi connectivity index (χ4v) is 5.22. The lowest BCUT2D eigenvalue weighted by Crippen LogP contribution is -2.36. The van der Waals surface area contributed by atoms with Gasteiger partial charge in [-0.25, -0.2) is 4.98 Å².